The molecule has 2 N–H and O–H groups in total. The molecular weight excluding hydrogens is 352 g/mol. The molecule has 3 aromatic rings. The minimum Gasteiger partial charge on any atom is -0.494 e. The fourth-order valence-corrected chi connectivity index (χ4v) is 2.73. The number of nitrogens with one attached hydrogen (secondary N) is 2. The van der Waals surface area contributed by atoms with Gasteiger partial charge in [-0.1, -0.05) is 36.4 Å². The molecule has 0 aromatic heterocycles. The van der Waals surface area contributed by atoms with Gasteiger partial charge < -0.3 is 15.4 Å². The third kappa shape index (κ3) is 5.45. The smallest absolute Gasteiger partial charge is 0.255 e. The predicted octanol–water partition coefficient (Wildman–Crippen LogP) is 4.52. The first kappa shape index (κ1) is 19.2. The maximum absolute atomic E-state index is 12.3. The molecule has 0 atom stereocenters. The Hall–Kier alpha value is -3.60. The Kier molecular flexibility index (Phi) is 6.41. The van der Waals surface area contributed by atoms with Crippen molar-refractivity contribution in [3.63, 3.8) is 0 Å². The van der Waals surface area contributed by atoms with Crippen molar-refractivity contribution in [1.82, 2.24) is 0 Å². The van der Waals surface area contributed by atoms with Gasteiger partial charge in [-0.05, 0) is 55.0 Å². The first-order valence-corrected chi connectivity index (χ1v) is 9.12. The third-order valence-electron chi connectivity index (χ3n) is 4.04. The topological polar surface area (TPSA) is 67.4 Å². The van der Waals surface area contributed by atoms with Crippen LogP contribution in [0.3, 0.4) is 0 Å². The summed E-state index contributed by atoms with van der Waals surface area (Å²) in [6.07, 6.45) is 0.257. The fourth-order valence-electron chi connectivity index (χ4n) is 2.73. The van der Waals surface area contributed by atoms with E-state index in [-0.39, 0.29) is 18.2 Å². The van der Waals surface area contributed by atoms with Crippen molar-refractivity contribution in [2.75, 3.05) is 17.2 Å². The highest BCUT2D eigenvalue weighted by Gasteiger charge is 2.08. The lowest BCUT2D eigenvalue weighted by molar-refractivity contribution is -0.115. The molecule has 0 aliphatic rings. The van der Waals surface area contributed by atoms with E-state index in [4.69, 9.17) is 4.74 Å². The molecule has 5 nitrogen and oxygen atoms in total. The molecule has 5 heteroatoms. The van der Waals surface area contributed by atoms with Crippen LogP contribution in [0.4, 0.5) is 11.4 Å². The molecule has 0 aliphatic heterocycles. The quantitative estimate of drug-likeness (QED) is 0.639. The summed E-state index contributed by atoms with van der Waals surface area (Å²) in [7, 11) is 0. The van der Waals surface area contributed by atoms with Crippen LogP contribution in [0.2, 0.25) is 0 Å². The summed E-state index contributed by atoms with van der Waals surface area (Å²) < 4.78 is 5.40. The van der Waals surface area contributed by atoms with Crippen LogP contribution >= 0.6 is 0 Å². The molecule has 3 rings (SSSR count). The van der Waals surface area contributed by atoms with Gasteiger partial charge in [-0.25, -0.2) is 0 Å². The molecule has 0 fully saturated rings. The number of carbonyl (C=O) groups is 2. The molecule has 0 aliphatic carbocycles. The lowest BCUT2D eigenvalue weighted by Crippen LogP contribution is -2.15. The number of carbonyl (C=O) groups excluding carboxylic acids is 2. The second-order valence-electron chi connectivity index (χ2n) is 6.20. The second-order valence-corrected chi connectivity index (χ2v) is 6.20. The molecule has 142 valence electrons. The standard InChI is InChI=1S/C23H22N2O3/c1-2-28-21-13-11-17(12-14-21)15-22(26)24-19-9-6-10-20(16-19)25-23(27)18-7-4-3-5-8-18/h3-14,16H,2,15H2,1H3,(H,24,26)(H,25,27). The molecule has 28 heavy (non-hydrogen) atoms. The van der Waals surface area contributed by atoms with Gasteiger partial charge in [0.2, 0.25) is 5.91 Å². The van der Waals surface area contributed by atoms with E-state index in [0.29, 0.717) is 23.5 Å². The van der Waals surface area contributed by atoms with Gasteiger partial charge in [0, 0.05) is 16.9 Å². The summed E-state index contributed by atoms with van der Waals surface area (Å²) in [5, 5.41) is 5.70. The van der Waals surface area contributed by atoms with Crippen molar-refractivity contribution in [3.05, 3.63) is 90.0 Å². The maximum Gasteiger partial charge on any atom is 0.255 e. The summed E-state index contributed by atoms with van der Waals surface area (Å²) in [5.74, 6) is 0.461. The van der Waals surface area contributed by atoms with Gasteiger partial charge in [0.25, 0.3) is 5.91 Å². The van der Waals surface area contributed by atoms with Crippen LogP contribution in [-0.4, -0.2) is 18.4 Å². The minimum absolute atomic E-state index is 0.129. The average Bonchev–Trinajstić information content (AvgIpc) is 2.70. The predicted molar refractivity (Wildman–Crippen MR) is 111 cm³/mol. The first-order valence-electron chi connectivity index (χ1n) is 9.12. The van der Waals surface area contributed by atoms with Crippen molar-refractivity contribution in [3.8, 4) is 5.75 Å². The van der Waals surface area contributed by atoms with E-state index < -0.39 is 0 Å². The summed E-state index contributed by atoms with van der Waals surface area (Å²) >= 11 is 0. The van der Waals surface area contributed by atoms with Crippen molar-refractivity contribution >= 4 is 23.2 Å². The maximum atomic E-state index is 12.3. The third-order valence-corrected chi connectivity index (χ3v) is 4.04. The molecular formula is C23H22N2O3. The SMILES string of the molecule is CCOc1ccc(CC(=O)Nc2cccc(NC(=O)c3ccccc3)c2)cc1. The monoisotopic (exact) mass is 374 g/mol. The van der Waals surface area contributed by atoms with Gasteiger partial charge in [0.05, 0.1) is 13.0 Å². The summed E-state index contributed by atoms with van der Waals surface area (Å²) in [5.41, 5.74) is 2.72. The minimum atomic E-state index is -0.196. The fraction of sp³-hybridized carbons (Fsp3) is 0.130. The number of amides is 2. The van der Waals surface area contributed by atoms with E-state index in [2.05, 4.69) is 10.6 Å². The van der Waals surface area contributed by atoms with Crippen LogP contribution < -0.4 is 15.4 Å². The number of benzene rings is 3. The van der Waals surface area contributed by atoms with Crippen molar-refractivity contribution in [1.29, 1.82) is 0 Å². The molecule has 0 spiro atoms. The van der Waals surface area contributed by atoms with Gasteiger partial charge in [-0.15, -0.1) is 0 Å². The number of rotatable bonds is 7. The normalized spacial score (nSPS) is 10.2. The van der Waals surface area contributed by atoms with Crippen molar-refractivity contribution in [2.45, 2.75) is 13.3 Å². The zero-order valence-electron chi connectivity index (χ0n) is 15.6. The number of hydrogen-bond donors (Lipinski definition) is 2. The number of hydrogen-bond acceptors (Lipinski definition) is 3. The highest BCUT2D eigenvalue weighted by atomic mass is 16.5. The molecule has 0 saturated carbocycles. The van der Waals surface area contributed by atoms with E-state index in [9.17, 15) is 9.59 Å². The molecule has 0 bridgehead atoms. The van der Waals surface area contributed by atoms with E-state index in [1.54, 1.807) is 36.4 Å². The Bertz CT molecular complexity index is 938. The second kappa shape index (κ2) is 9.37. The number of ether oxygens (including phenoxy) is 1. The van der Waals surface area contributed by atoms with Crippen molar-refractivity contribution in [2.24, 2.45) is 0 Å². The molecule has 0 heterocycles. The molecule has 0 unspecified atom stereocenters. The highest BCUT2D eigenvalue weighted by Crippen LogP contribution is 2.17. The van der Waals surface area contributed by atoms with E-state index >= 15 is 0 Å². The summed E-state index contributed by atoms with van der Waals surface area (Å²) in [4.78, 5) is 24.6. The van der Waals surface area contributed by atoms with Crippen LogP contribution in [0.5, 0.6) is 5.75 Å². The summed E-state index contributed by atoms with van der Waals surface area (Å²) in [6.45, 7) is 2.54. The first-order chi connectivity index (χ1) is 13.6. The molecule has 2 amide bonds. The van der Waals surface area contributed by atoms with E-state index in [1.807, 2.05) is 49.4 Å². The Morgan fingerprint density at radius 3 is 2.18 bits per heavy atom. The largest absolute Gasteiger partial charge is 0.494 e. The van der Waals surface area contributed by atoms with E-state index in [1.165, 1.54) is 0 Å². The van der Waals surface area contributed by atoms with Crippen LogP contribution in [0.25, 0.3) is 0 Å². The van der Waals surface area contributed by atoms with Gasteiger partial charge in [0.15, 0.2) is 0 Å². The van der Waals surface area contributed by atoms with Crippen molar-refractivity contribution < 1.29 is 14.3 Å². The number of anilines is 2. The Balaban J connectivity index is 1.59. The Morgan fingerprint density at radius 2 is 1.50 bits per heavy atom. The lowest BCUT2D eigenvalue weighted by atomic mass is 10.1. The zero-order valence-corrected chi connectivity index (χ0v) is 15.6. The summed E-state index contributed by atoms with van der Waals surface area (Å²) in [6, 6.07) is 23.5. The molecule has 0 radical (unpaired) electrons. The van der Waals surface area contributed by atoms with Gasteiger partial charge >= 0.3 is 0 Å². The van der Waals surface area contributed by atoms with Gasteiger partial charge in [-0.3, -0.25) is 9.59 Å². The van der Waals surface area contributed by atoms with Crippen LogP contribution in [0.15, 0.2) is 78.9 Å². The lowest BCUT2D eigenvalue weighted by Gasteiger charge is -2.09. The van der Waals surface area contributed by atoms with Crippen LogP contribution in [0, 0.1) is 0 Å². The highest BCUT2D eigenvalue weighted by molar-refractivity contribution is 6.04. The Labute approximate surface area is 164 Å². The zero-order chi connectivity index (χ0) is 19.8. The average molecular weight is 374 g/mol. The molecule has 0 saturated heterocycles. The Morgan fingerprint density at radius 1 is 0.821 bits per heavy atom. The van der Waals surface area contributed by atoms with Gasteiger partial charge in [-0.2, -0.15) is 0 Å². The van der Waals surface area contributed by atoms with Gasteiger partial charge in [0.1, 0.15) is 5.75 Å². The van der Waals surface area contributed by atoms with Crippen LogP contribution in [-0.2, 0) is 11.2 Å². The van der Waals surface area contributed by atoms with E-state index in [0.717, 1.165) is 11.3 Å². The van der Waals surface area contributed by atoms with Crippen LogP contribution in [0.1, 0.15) is 22.8 Å². The molecule has 3 aromatic carbocycles.